The number of rotatable bonds is 6. The molecule has 1 aliphatic carbocycles. The predicted octanol–water partition coefficient (Wildman–Crippen LogP) is -0.0910. The van der Waals surface area contributed by atoms with Crippen LogP contribution in [0.4, 0.5) is 0 Å². The van der Waals surface area contributed by atoms with Crippen LogP contribution in [-0.2, 0) is 28.9 Å². The second kappa shape index (κ2) is 10.9. The maximum Gasteiger partial charge on any atom is 0.322 e. The summed E-state index contributed by atoms with van der Waals surface area (Å²) in [5, 5.41) is 29.0. The van der Waals surface area contributed by atoms with Gasteiger partial charge < -0.3 is 31.4 Å². The van der Waals surface area contributed by atoms with E-state index in [-0.39, 0.29) is 6.42 Å². The topological polar surface area (TPSA) is 213 Å². The molecule has 182 valence electrons. The highest BCUT2D eigenvalue weighted by Crippen LogP contribution is 2.28. The molecule has 13 nitrogen and oxygen atoms in total. The van der Waals surface area contributed by atoms with Crippen LogP contribution in [0.1, 0.15) is 45.9 Å². The second-order valence-corrected chi connectivity index (χ2v) is 8.63. The standard InChI is InChI=1S/C14H15N3O5S.C6H9N3O2/c18-9(19)6-15-11(20)10-12(21)16-14-17(13(10)22)7-4-2-1-3-5-8(7)23-14;7-5(6(10)11)1-4-2-8-3-9-4/h21H,1-6H2,(H,15,20)(H,18,19);2-3,5H,1,7H2,(H,8,9)(H,10,11)/t;5-/m.0/s1. The highest BCUT2D eigenvalue weighted by molar-refractivity contribution is 7.17. The summed E-state index contributed by atoms with van der Waals surface area (Å²) in [5.74, 6) is -3.85. The van der Waals surface area contributed by atoms with E-state index in [0.29, 0.717) is 4.96 Å². The first-order valence-corrected chi connectivity index (χ1v) is 11.2. The molecule has 34 heavy (non-hydrogen) atoms. The average Bonchev–Trinajstić information content (AvgIpc) is 3.34. The van der Waals surface area contributed by atoms with Crippen LogP contribution in [0.5, 0.6) is 5.88 Å². The number of carboxylic acid groups (broad SMARTS) is 2. The van der Waals surface area contributed by atoms with Gasteiger partial charge in [-0.05, 0) is 25.7 Å². The summed E-state index contributed by atoms with van der Waals surface area (Å²) >= 11 is 1.35. The molecule has 1 aliphatic rings. The summed E-state index contributed by atoms with van der Waals surface area (Å²) in [4.78, 5) is 57.3. The molecule has 0 aromatic carbocycles. The van der Waals surface area contributed by atoms with Crippen LogP contribution < -0.4 is 16.6 Å². The number of carbonyl (C=O) groups excluding carboxylic acids is 1. The number of carboxylic acids is 2. The third kappa shape index (κ3) is 5.77. The van der Waals surface area contributed by atoms with Crippen molar-refractivity contribution in [3.8, 4) is 5.88 Å². The van der Waals surface area contributed by atoms with Crippen molar-refractivity contribution in [2.75, 3.05) is 6.54 Å². The summed E-state index contributed by atoms with van der Waals surface area (Å²) in [6.45, 7) is -0.637. The van der Waals surface area contributed by atoms with E-state index in [1.165, 1.54) is 22.1 Å². The number of aromatic amines is 1. The first-order valence-electron chi connectivity index (χ1n) is 10.4. The van der Waals surface area contributed by atoms with E-state index in [4.69, 9.17) is 15.9 Å². The molecule has 3 aromatic rings. The number of thiazole rings is 1. The van der Waals surface area contributed by atoms with Crippen LogP contribution in [0.15, 0.2) is 17.3 Å². The summed E-state index contributed by atoms with van der Waals surface area (Å²) in [6, 6.07) is -0.851. The zero-order valence-corrected chi connectivity index (χ0v) is 18.8. The van der Waals surface area contributed by atoms with E-state index in [2.05, 4.69) is 20.3 Å². The van der Waals surface area contributed by atoms with Gasteiger partial charge in [-0.3, -0.25) is 23.6 Å². The number of aryl methyl sites for hydroxylation is 2. The molecule has 0 bridgehead atoms. The lowest BCUT2D eigenvalue weighted by Crippen LogP contribution is -2.35. The Morgan fingerprint density at radius 1 is 1.24 bits per heavy atom. The summed E-state index contributed by atoms with van der Waals surface area (Å²) in [7, 11) is 0. The molecule has 14 heteroatoms. The number of imidazole rings is 1. The number of aromatic nitrogens is 4. The van der Waals surface area contributed by atoms with Crippen molar-refractivity contribution in [2.24, 2.45) is 5.73 Å². The lowest BCUT2D eigenvalue weighted by molar-refractivity contribution is -0.138. The Hall–Kier alpha value is -3.78. The van der Waals surface area contributed by atoms with Gasteiger partial charge in [-0.15, -0.1) is 11.3 Å². The quantitative estimate of drug-likeness (QED) is 0.251. The monoisotopic (exact) mass is 492 g/mol. The SMILES string of the molecule is N[C@@H](Cc1cnc[nH]1)C(=O)O.O=C(O)CNC(=O)c1c(O)nc2sc3c(n2c1=O)CCCCC3. The number of nitrogens with two attached hydrogens (primary N) is 1. The molecular formula is C20H24N6O7S. The van der Waals surface area contributed by atoms with E-state index in [0.717, 1.165) is 48.4 Å². The van der Waals surface area contributed by atoms with E-state index >= 15 is 0 Å². The van der Waals surface area contributed by atoms with Gasteiger partial charge in [-0.2, -0.15) is 4.98 Å². The Labute approximate surface area is 196 Å². The van der Waals surface area contributed by atoms with Gasteiger partial charge in [0, 0.05) is 28.9 Å². The number of amides is 1. The van der Waals surface area contributed by atoms with Crippen LogP contribution in [0.25, 0.3) is 4.96 Å². The second-order valence-electron chi connectivity index (χ2n) is 7.57. The molecular weight excluding hydrogens is 468 g/mol. The van der Waals surface area contributed by atoms with Crippen molar-refractivity contribution in [2.45, 2.75) is 44.6 Å². The van der Waals surface area contributed by atoms with Gasteiger partial charge in [0.05, 0.1) is 6.33 Å². The lowest BCUT2D eigenvalue weighted by Gasteiger charge is -2.06. The highest BCUT2D eigenvalue weighted by atomic mass is 32.1. The average molecular weight is 493 g/mol. The number of carbonyl (C=O) groups is 3. The third-order valence-corrected chi connectivity index (χ3v) is 6.24. The van der Waals surface area contributed by atoms with Crippen LogP contribution in [0.3, 0.4) is 0 Å². The van der Waals surface area contributed by atoms with Crippen molar-refractivity contribution in [1.29, 1.82) is 0 Å². The van der Waals surface area contributed by atoms with Crippen molar-refractivity contribution < 1.29 is 29.7 Å². The zero-order valence-electron chi connectivity index (χ0n) is 18.0. The smallest absolute Gasteiger partial charge is 0.322 e. The molecule has 7 N–H and O–H groups in total. The number of aromatic hydroxyl groups is 1. The Morgan fingerprint density at radius 3 is 2.62 bits per heavy atom. The number of hydrogen-bond donors (Lipinski definition) is 6. The Bertz CT molecular complexity index is 1250. The van der Waals surface area contributed by atoms with E-state index in [9.17, 15) is 24.3 Å². The van der Waals surface area contributed by atoms with Crippen LogP contribution in [-0.4, -0.2) is 65.1 Å². The lowest BCUT2D eigenvalue weighted by atomic mass is 10.2. The minimum absolute atomic E-state index is 0.287. The Balaban J connectivity index is 0.000000248. The maximum atomic E-state index is 12.6. The van der Waals surface area contributed by atoms with Gasteiger partial charge in [0.2, 0.25) is 5.88 Å². The molecule has 1 atom stereocenters. The largest absolute Gasteiger partial charge is 0.492 e. The summed E-state index contributed by atoms with van der Waals surface area (Å²) in [5.41, 5.74) is 5.66. The van der Waals surface area contributed by atoms with E-state index in [1.54, 1.807) is 6.20 Å². The third-order valence-electron chi connectivity index (χ3n) is 5.10. The minimum atomic E-state index is -1.24. The predicted molar refractivity (Wildman–Crippen MR) is 120 cm³/mol. The number of fused-ring (bicyclic) bond motifs is 3. The van der Waals surface area contributed by atoms with Gasteiger partial charge in [0.25, 0.3) is 11.5 Å². The van der Waals surface area contributed by atoms with E-state index < -0.39 is 47.4 Å². The first-order chi connectivity index (χ1) is 16.2. The molecule has 0 saturated carbocycles. The van der Waals surface area contributed by atoms with Crippen LogP contribution in [0, 0.1) is 0 Å². The molecule has 0 spiro atoms. The van der Waals surface area contributed by atoms with Crippen molar-refractivity contribution in [3.63, 3.8) is 0 Å². The summed E-state index contributed by atoms with van der Waals surface area (Å²) < 4.78 is 1.38. The fourth-order valence-electron chi connectivity index (χ4n) is 3.46. The van der Waals surface area contributed by atoms with Crippen LogP contribution >= 0.6 is 11.3 Å². The molecule has 0 saturated heterocycles. The molecule has 1 amide bonds. The van der Waals surface area contributed by atoms with Crippen molar-refractivity contribution in [1.82, 2.24) is 24.7 Å². The molecule has 3 aromatic heterocycles. The van der Waals surface area contributed by atoms with Gasteiger partial charge in [-0.1, -0.05) is 6.42 Å². The van der Waals surface area contributed by atoms with E-state index in [1.807, 2.05) is 0 Å². The number of nitrogens with one attached hydrogen (secondary N) is 2. The van der Waals surface area contributed by atoms with Crippen molar-refractivity contribution >= 4 is 34.1 Å². The van der Waals surface area contributed by atoms with Crippen molar-refractivity contribution in [3.05, 3.63) is 44.7 Å². The number of H-pyrrole nitrogens is 1. The molecule has 3 heterocycles. The molecule has 4 rings (SSSR count). The fraction of sp³-hybridized carbons (Fsp3) is 0.400. The fourth-order valence-corrected chi connectivity index (χ4v) is 4.65. The zero-order chi connectivity index (χ0) is 24.8. The molecule has 0 aliphatic heterocycles. The van der Waals surface area contributed by atoms with Gasteiger partial charge in [-0.25, -0.2) is 4.98 Å². The number of nitrogens with zero attached hydrogens (tertiary/aromatic N) is 3. The van der Waals surface area contributed by atoms with Gasteiger partial charge in [0.1, 0.15) is 12.6 Å². The molecule has 0 fully saturated rings. The Morgan fingerprint density at radius 2 is 1.97 bits per heavy atom. The Kier molecular flexibility index (Phi) is 7.96. The number of aliphatic carboxylic acids is 2. The van der Waals surface area contributed by atoms with Gasteiger partial charge in [0.15, 0.2) is 10.5 Å². The maximum absolute atomic E-state index is 12.6. The first kappa shape index (κ1) is 24.9. The normalized spacial score (nSPS) is 13.8. The highest BCUT2D eigenvalue weighted by Gasteiger charge is 2.24. The van der Waals surface area contributed by atoms with Crippen LogP contribution in [0.2, 0.25) is 0 Å². The molecule has 0 radical (unpaired) electrons. The molecule has 0 unspecified atom stereocenters. The number of hydrogen-bond acceptors (Lipinski definition) is 9. The summed E-state index contributed by atoms with van der Waals surface area (Å²) in [6.07, 6.45) is 7.97. The van der Waals surface area contributed by atoms with Gasteiger partial charge >= 0.3 is 11.9 Å². The minimum Gasteiger partial charge on any atom is -0.492 e.